The van der Waals surface area contributed by atoms with E-state index in [0.717, 1.165) is 24.4 Å². The average molecular weight is 234 g/mol. The van der Waals surface area contributed by atoms with E-state index < -0.39 is 0 Å². The third-order valence-electron chi connectivity index (χ3n) is 2.88. The fourth-order valence-corrected chi connectivity index (χ4v) is 1.94. The van der Waals surface area contributed by atoms with Gasteiger partial charge in [0, 0.05) is 13.5 Å². The molecule has 0 saturated carbocycles. The highest BCUT2D eigenvalue weighted by molar-refractivity contribution is 5.59. The maximum absolute atomic E-state index is 5.64. The summed E-state index contributed by atoms with van der Waals surface area (Å²) in [5.74, 6) is 1.96. The summed E-state index contributed by atoms with van der Waals surface area (Å²) in [4.78, 5) is 0. The fraction of sp³-hybridized carbons (Fsp3) is 0.429. The van der Waals surface area contributed by atoms with Gasteiger partial charge in [-0.1, -0.05) is 6.07 Å². The Bertz CT molecular complexity index is 410. The van der Waals surface area contributed by atoms with Gasteiger partial charge in [-0.15, -0.1) is 0 Å². The highest BCUT2D eigenvalue weighted by Crippen LogP contribution is 2.27. The lowest BCUT2D eigenvalue weighted by Crippen LogP contribution is -2.06. The number of hydrogen-bond acceptors (Lipinski definition) is 3. The second-order valence-electron chi connectivity index (χ2n) is 4.02. The smallest absolute Gasteiger partial charge is 0.119 e. The Balaban J connectivity index is 2.07. The molecule has 2 rings (SSSR count). The Morgan fingerprint density at radius 1 is 1.12 bits per heavy atom. The summed E-state index contributed by atoms with van der Waals surface area (Å²) in [6.07, 6.45) is 4.06. The van der Waals surface area contributed by atoms with Crippen LogP contribution >= 0.6 is 0 Å². The van der Waals surface area contributed by atoms with Crippen LogP contribution in [-0.2, 0) is 15.9 Å². The van der Waals surface area contributed by atoms with Crippen LogP contribution in [0.15, 0.2) is 24.0 Å². The third-order valence-corrected chi connectivity index (χ3v) is 2.88. The molecule has 0 N–H and O–H groups in total. The molecule has 0 saturated heterocycles. The standard InChI is InChI=1S/C14H18O3/c1-15-7-8-17-14-6-4-11-9-13(16-2)5-3-12(11)10-14/h3,5,9-10H,4,6-8H2,1-2H3. The zero-order valence-corrected chi connectivity index (χ0v) is 10.4. The molecule has 0 heterocycles. The van der Waals surface area contributed by atoms with Crippen molar-refractivity contribution in [2.45, 2.75) is 12.8 Å². The molecule has 0 unspecified atom stereocenters. The monoisotopic (exact) mass is 234 g/mol. The first-order valence-corrected chi connectivity index (χ1v) is 5.82. The number of methoxy groups -OCH3 is 2. The molecule has 0 radical (unpaired) electrons. The van der Waals surface area contributed by atoms with Crippen LogP contribution in [0.4, 0.5) is 0 Å². The van der Waals surface area contributed by atoms with Crippen molar-refractivity contribution in [2.24, 2.45) is 0 Å². The van der Waals surface area contributed by atoms with Crippen LogP contribution in [0.1, 0.15) is 17.5 Å². The Morgan fingerprint density at radius 3 is 2.76 bits per heavy atom. The maximum Gasteiger partial charge on any atom is 0.119 e. The molecular formula is C14H18O3. The lowest BCUT2D eigenvalue weighted by Gasteiger charge is -2.17. The van der Waals surface area contributed by atoms with Gasteiger partial charge in [0.05, 0.1) is 19.5 Å². The maximum atomic E-state index is 5.64. The zero-order chi connectivity index (χ0) is 12.1. The van der Waals surface area contributed by atoms with Crippen LogP contribution in [0.3, 0.4) is 0 Å². The van der Waals surface area contributed by atoms with Crippen molar-refractivity contribution in [1.82, 2.24) is 0 Å². The molecule has 3 nitrogen and oxygen atoms in total. The fourth-order valence-electron chi connectivity index (χ4n) is 1.94. The van der Waals surface area contributed by atoms with Crippen molar-refractivity contribution >= 4 is 6.08 Å². The zero-order valence-electron chi connectivity index (χ0n) is 10.4. The summed E-state index contributed by atoms with van der Waals surface area (Å²) in [6, 6.07) is 6.15. The first-order valence-electron chi connectivity index (χ1n) is 5.82. The van der Waals surface area contributed by atoms with E-state index in [-0.39, 0.29) is 0 Å². The predicted octanol–water partition coefficient (Wildman–Crippen LogP) is 2.65. The second kappa shape index (κ2) is 5.73. The van der Waals surface area contributed by atoms with Crippen LogP contribution in [-0.4, -0.2) is 27.4 Å². The summed E-state index contributed by atoms with van der Waals surface area (Å²) in [5.41, 5.74) is 2.55. The van der Waals surface area contributed by atoms with Crippen LogP contribution in [0.25, 0.3) is 6.08 Å². The van der Waals surface area contributed by atoms with Crippen molar-refractivity contribution in [3.63, 3.8) is 0 Å². The van der Waals surface area contributed by atoms with Crippen molar-refractivity contribution in [2.75, 3.05) is 27.4 Å². The molecule has 0 aromatic heterocycles. The minimum absolute atomic E-state index is 0.619. The average Bonchev–Trinajstić information content (AvgIpc) is 2.38. The minimum Gasteiger partial charge on any atom is -0.497 e. The SMILES string of the molecule is COCCOC1=Cc2ccc(OC)cc2CC1. The number of aryl methyl sites for hydroxylation is 1. The van der Waals surface area contributed by atoms with E-state index in [4.69, 9.17) is 14.2 Å². The molecule has 0 bridgehead atoms. The van der Waals surface area contributed by atoms with Crippen LogP contribution in [0, 0.1) is 0 Å². The molecule has 0 fully saturated rings. The molecule has 3 heteroatoms. The van der Waals surface area contributed by atoms with Gasteiger partial charge in [-0.2, -0.15) is 0 Å². The van der Waals surface area contributed by atoms with Gasteiger partial charge < -0.3 is 14.2 Å². The molecule has 0 spiro atoms. The molecule has 92 valence electrons. The molecule has 0 amide bonds. The van der Waals surface area contributed by atoms with Crippen LogP contribution in [0.2, 0.25) is 0 Å². The second-order valence-corrected chi connectivity index (χ2v) is 4.02. The highest BCUT2D eigenvalue weighted by atomic mass is 16.5. The molecule has 1 aromatic rings. The van der Waals surface area contributed by atoms with Crippen molar-refractivity contribution in [3.05, 3.63) is 35.1 Å². The van der Waals surface area contributed by atoms with E-state index in [0.29, 0.717) is 13.2 Å². The molecule has 1 aromatic carbocycles. The van der Waals surface area contributed by atoms with Crippen molar-refractivity contribution in [1.29, 1.82) is 0 Å². The van der Waals surface area contributed by atoms with Gasteiger partial charge in [-0.3, -0.25) is 0 Å². The summed E-state index contributed by atoms with van der Waals surface area (Å²) in [7, 11) is 3.37. The van der Waals surface area contributed by atoms with Crippen molar-refractivity contribution < 1.29 is 14.2 Å². The van der Waals surface area contributed by atoms with Crippen molar-refractivity contribution in [3.8, 4) is 5.75 Å². The quantitative estimate of drug-likeness (QED) is 0.733. The lowest BCUT2D eigenvalue weighted by molar-refractivity contribution is 0.107. The molecule has 0 aliphatic heterocycles. The number of ether oxygens (including phenoxy) is 3. The molecule has 1 aliphatic carbocycles. The van der Waals surface area contributed by atoms with E-state index in [1.807, 2.05) is 6.07 Å². The van der Waals surface area contributed by atoms with E-state index in [2.05, 4.69) is 18.2 Å². The summed E-state index contributed by atoms with van der Waals surface area (Å²) in [5, 5.41) is 0. The van der Waals surface area contributed by atoms with E-state index in [1.165, 1.54) is 11.1 Å². The number of rotatable bonds is 5. The van der Waals surface area contributed by atoms with E-state index in [1.54, 1.807) is 14.2 Å². The minimum atomic E-state index is 0.619. The molecule has 17 heavy (non-hydrogen) atoms. The topological polar surface area (TPSA) is 27.7 Å². The lowest BCUT2D eigenvalue weighted by atomic mass is 9.96. The summed E-state index contributed by atoms with van der Waals surface area (Å²) >= 11 is 0. The van der Waals surface area contributed by atoms with Gasteiger partial charge >= 0.3 is 0 Å². The predicted molar refractivity (Wildman–Crippen MR) is 67.1 cm³/mol. The normalized spacial score (nSPS) is 13.9. The third kappa shape index (κ3) is 3.01. The van der Waals surface area contributed by atoms with E-state index >= 15 is 0 Å². The van der Waals surface area contributed by atoms with Gasteiger partial charge in [0.1, 0.15) is 12.4 Å². The molecule has 1 aliphatic rings. The number of benzene rings is 1. The van der Waals surface area contributed by atoms with Crippen LogP contribution < -0.4 is 4.74 Å². The van der Waals surface area contributed by atoms with Gasteiger partial charge in [0.2, 0.25) is 0 Å². The van der Waals surface area contributed by atoms with E-state index in [9.17, 15) is 0 Å². The van der Waals surface area contributed by atoms with Gasteiger partial charge in [0.15, 0.2) is 0 Å². The Morgan fingerprint density at radius 2 is 2.00 bits per heavy atom. The largest absolute Gasteiger partial charge is 0.497 e. The van der Waals surface area contributed by atoms with Gasteiger partial charge in [-0.05, 0) is 35.8 Å². The first kappa shape index (κ1) is 12.0. The Hall–Kier alpha value is -1.48. The Kier molecular flexibility index (Phi) is 4.04. The molecular weight excluding hydrogens is 216 g/mol. The number of hydrogen-bond donors (Lipinski definition) is 0. The van der Waals surface area contributed by atoms with Gasteiger partial charge in [0.25, 0.3) is 0 Å². The Labute approximate surface area is 102 Å². The number of allylic oxidation sites excluding steroid dienone is 1. The van der Waals surface area contributed by atoms with Gasteiger partial charge in [-0.25, -0.2) is 0 Å². The summed E-state index contributed by atoms with van der Waals surface area (Å²) in [6.45, 7) is 1.25. The van der Waals surface area contributed by atoms with Crippen LogP contribution in [0.5, 0.6) is 5.75 Å². The first-order chi connectivity index (χ1) is 8.33. The molecule has 0 atom stereocenters. The number of fused-ring (bicyclic) bond motifs is 1. The summed E-state index contributed by atoms with van der Waals surface area (Å²) < 4.78 is 15.8. The highest BCUT2D eigenvalue weighted by Gasteiger charge is 2.11.